The molecular weight excluding hydrogens is 313 g/mol. The smallest absolute Gasteiger partial charge is 0.323 e. The van der Waals surface area contributed by atoms with Crippen LogP contribution in [-0.4, -0.2) is 24.0 Å². The van der Waals surface area contributed by atoms with Crippen LogP contribution in [0.3, 0.4) is 0 Å². The molecule has 0 aliphatic heterocycles. The van der Waals surface area contributed by atoms with Gasteiger partial charge in [0, 0.05) is 0 Å². The van der Waals surface area contributed by atoms with E-state index >= 15 is 0 Å². The molecule has 3 N–H and O–H groups in total. The molecule has 0 saturated carbocycles. The van der Waals surface area contributed by atoms with Crippen molar-refractivity contribution in [2.75, 3.05) is 17.3 Å². The summed E-state index contributed by atoms with van der Waals surface area (Å²) in [5.41, 5.74) is 4.66. The Morgan fingerprint density at radius 1 is 1.50 bits per heavy atom. The van der Waals surface area contributed by atoms with Crippen LogP contribution in [0.15, 0.2) is 18.2 Å². The van der Waals surface area contributed by atoms with E-state index in [1.807, 2.05) is 6.26 Å². The number of carbonyl (C=O) groups is 1. The van der Waals surface area contributed by atoms with Crippen LogP contribution >= 0.6 is 23.4 Å². The van der Waals surface area contributed by atoms with E-state index in [9.17, 15) is 18.0 Å². The number of amides is 1. The molecule has 1 amide bonds. The normalized spacial score (nSPS) is 13.1. The summed E-state index contributed by atoms with van der Waals surface area (Å²) < 4.78 is 37.7. The highest BCUT2D eigenvalue weighted by atomic mass is 35.5. The van der Waals surface area contributed by atoms with E-state index in [2.05, 4.69) is 5.32 Å². The predicted molar refractivity (Wildman–Crippen MR) is 76.1 cm³/mol. The van der Waals surface area contributed by atoms with Crippen LogP contribution in [0, 0.1) is 0 Å². The Labute approximate surface area is 124 Å². The van der Waals surface area contributed by atoms with Crippen LogP contribution in [0.5, 0.6) is 0 Å². The molecule has 0 unspecified atom stereocenters. The lowest BCUT2D eigenvalue weighted by Crippen LogP contribution is -2.36. The number of nitrogens with two attached hydrogens (primary N) is 1. The van der Waals surface area contributed by atoms with Gasteiger partial charge in [0.05, 0.1) is 22.3 Å². The van der Waals surface area contributed by atoms with Gasteiger partial charge in [-0.1, -0.05) is 11.6 Å². The molecule has 1 aromatic carbocycles. The molecule has 0 aliphatic rings. The third-order valence-electron chi connectivity index (χ3n) is 2.52. The summed E-state index contributed by atoms with van der Waals surface area (Å²) in [6.45, 7) is 0. The molecule has 0 bridgehead atoms. The largest absolute Gasteiger partial charge is 0.416 e. The zero-order chi connectivity index (χ0) is 15.3. The summed E-state index contributed by atoms with van der Waals surface area (Å²) in [5.74, 6) is 0.130. The van der Waals surface area contributed by atoms with E-state index in [1.165, 1.54) is 11.8 Å². The van der Waals surface area contributed by atoms with Crippen LogP contribution in [0.4, 0.5) is 18.9 Å². The van der Waals surface area contributed by atoms with Crippen molar-refractivity contribution in [1.29, 1.82) is 0 Å². The first-order valence-electron chi connectivity index (χ1n) is 5.68. The highest BCUT2D eigenvalue weighted by Gasteiger charge is 2.31. The summed E-state index contributed by atoms with van der Waals surface area (Å²) >= 11 is 7.30. The molecule has 112 valence electrons. The summed E-state index contributed by atoms with van der Waals surface area (Å²) in [4.78, 5) is 11.7. The topological polar surface area (TPSA) is 55.1 Å². The van der Waals surface area contributed by atoms with Crippen molar-refractivity contribution in [2.24, 2.45) is 5.73 Å². The second kappa shape index (κ2) is 7.19. The molecule has 0 aromatic heterocycles. The molecule has 20 heavy (non-hydrogen) atoms. The van der Waals surface area contributed by atoms with Crippen molar-refractivity contribution in [3.8, 4) is 0 Å². The van der Waals surface area contributed by atoms with Crippen molar-refractivity contribution in [3.63, 3.8) is 0 Å². The van der Waals surface area contributed by atoms with Gasteiger partial charge < -0.3 is 11.1 Å². The first-order valence-corrected chi connectivity index (χ1v) is 7.45. The second-order valence-corrected chi connectivity index (χ2v) is 5.46. The van der Waals surface area contributed by atoms with Gasteiger partial charge in [-0.05, 0) is 36.6 Å². The van der Waals surface area contributed by atoms with Crippen molar-refractivity contribution < 1.29 is 18.0 Å². The minimum absolute atomic E-state index is 0.0309. The van der Waals surface area contributed by atoms with E-state index in [-0.39, 0.29) is 10.7 Å². The van der Waals surface area contributed by atoms with Gasteiger partial charge in [-0.2, -0.15) is 24.9 Å². The Kier molecular flexibility index (Phi) is 6.16. The molecule has 0 heterocycles. The van der Waals surface area contributed by atoms with Gasteiger partial charge in [-0.15, -0.1) is 0 Å². The van der Waals surface area contributed by atoms with Crippen LogP contribution in [-0.2, 0) is 11.0 Å². The SMILES string of the molecule is CSCC[C@H](N)C(=O)Nc1cc(C(F)(F)F)ccc1Cl. The Morgan fingerprint density at radius 2 is 2.15 bits per heavy atom. The monoisotopic (exact) mass is 326 g/mol. The minimum Gasteiger partial charge on any atom is -0.323 e. The second-order valence-electron chi connectivity index (χ2n) is 4.07. The summed E-state index contributed by atoms with van der Waals surface area (Å²) in [6.07, 6.45) is -2.19. The molecule has 0 fully saturated rings. The quantitative estimate of drug-likeness (QED) is 0.872. The summed E-state index contributed by atoms with van der Waals surface area (Å²) in [6, 6.07) is 1.95. The van der Waals surface area contributed by atoms with Crippen molar-refractivity contribution in [3.05, 3.63) is 28.8 Å². The van der Waals surface area contributed by atoms with Gasteiger partial charge in [0.25, 0.3) is 0 Å². The number of halogens is 4. The number of rotatable bonds is 5. The first kappa shape index (κ1) is 17.1. The van der Waals surface area contributed by atoms with Crippen molar-refractivity contribution in [2.45, 2.75) is 18.6 Å². The molecule has 1 aromatic rings. The van der Waals surface area contributed by atoms with Gasteiger partial charge >= 0.3 is 6.18 Å². The van der Waals surface area contributed by atoms with Crippen molar-refractivity contribution >= 4 is 35.0 Å². The number of thioether (sulfide) groups is 1. The van der Waals surface area contributed by atoms with E-state index in [0.717, 1.165) is 18.2 Å². The summed E-state index contributed by atoms with van der Waals surface area (Å²) in [5, 5.41) is 2.36. The number of anilines is 1. The Morgan fingerprint density at radius 3 is 2.70 bits per heavy atom. The maximum Gasteiger partial charge on any atom is 0.416 e. The fraction of sp³-hybridized carbons (Fsp3) is 0.417. The zero-order valence-corrected chi connectivity index (χ0v) is 12.2. The number of carbonyl (C=O) groups excluding carboxylic acids is 1. The van der Waals surface area contributed by atoms with Crippen LogP contribution in [0.1, 0.15) is 12.0 Å². The maximum atomic E-state index is 12.6. The van der Waals surface area contributed by atoms with E-state index in [0.29, 0.717) is 12.2 Å². The Hall–Kier alpha value is -0.920. The lowest BCUT2D eigenvalue weighted by molar-refractivity contribution is -0.137. The summed E-state index contributed by atoms with van der Waals surface area (Å²) in [7, 11) is 0. The average Bonchev–Trinajstić information content (AvgIpc) is 2.37. The zero-order valence-electron chi connectivity index (χ0n) is 10.6. The van der Waals surface area contributed by atoms with Gasteiger partial charge in [0.15, 0.2) is 0 Å². The molecular formula is C12H14ClF3N2OS. The maximum absolute atomic E-state index is 12.6. The van der Waals surface area contributed by atoms with E-state index in [1.54, 1.807) is 0 Å². The van der Waals surface area contributed by atoms with E-state index < -0.39 is 23.7 Å². The molecule has 1 atom stereocenters. The number of hydrogen-bond acceptors (Lipinski definition) is 3. The lowest BCUT2D eigenvalue weighted by atomic mass is 10.1. The van der Waals surface area contributed by atoms with Gasteiger partial charge in [0.2, 0.25) is 5.91 Å². The predicted octanol–water partition coefficient (Wildman–Crippen LogP) is 3.38. The Balaban J connectivity index is 2.84. The molecule has 3 nitrogen and oxygen atoms in total. The minimum atomic E-state index is -4.50. The number of hydrogen-bond donors (Lipinski definition) is 2. The Bertz CT molecular complexity index is 482. The fourth-order valence-electron chi connectivity index (χ4n) is 1.40. The van der Waals surface area contributed by atoms with Crippen LogP contribution in [0.2, 0.25) is 5.02 Å². The highest BCUT2D eigenvalue weighted by molar-refractivity contribution is 7.98. The standard InChI is InChI=1S/C12H14ClF3N2OS/c1-20-5-4-9(17)11(19)18-10-6-7(12(14,15)16)2-3-8(10)13/h2-3,6,9H,4-5,17H2,1H3,(H,18,19)/t9-/m0/s1. The van der Waals surface area contributed by atoms with Gasteiger partial charge in [-0.25, -0.2) is 0 Å². The van der Waals surface area contributed by atoms with Crippen molar-refractivity contribution in [1.82, 2.24) is 0 Å². The molecule has 0 radical (unpaired) electrons. The molecule has 0 spiro atoms. The number of nitrogens with one attached hydrogen (secondary N) is 1. The highest BCUT2D eigenvalue weighted by Crippen LogP contribution is 2.33. The molecule has 8 heteroatoms. The average molecular weight is 327 g/mol. The first-order chi connectivity index (χ1) is 9.25. The van der Waals surface area contributed by atoms with E-state index in [4.69, 9.17) is 17.3 Å². The van der Waals surface area contributed by atoms with Gasteiger partial charge in [0.1, 0.15) is 0 Å². The number of alkyl halides is 3. The third kappa shape index (κ3) is 4.88. The van der Waals surface area contributed by atoms with Gasteiger partial charge in [-0.3, -0.25) is 4.79 Å². The molecule has 0 aliphatic carbocycles. The van der Waals surface area contributed by atoms with Crippen LogP contribution in [0.25, 0.3) is 0 Å². The number of benzene rings is 1. The lowest BCUT2D eigenvalue weighted by Gasteiger charge is -2.14. The molecule has 1 rings (SSSR count). The van der Waals surface area contributed by atoms with Crippen LogP contribution < -0.4 is 11.1 Å². The third-order valence-corrected chi connectivity index (χ3v) is 3.49. The fourth-order valence-corrected chi connectivity index (χ4v) is 2.05. The molecule has 0 saturated heterocycles.